The Hall–Kier alpha value is -3.30. The number of hydrogen-bond donors (Lipinski definition) is 1. The third-order valence-corrected chi connectivity index (χ3v) is 8.97. The van der Waals surface area contributed by atoms with Crippen LogP contribution in [-0.2, 0) is 12.8 Å². The second-order valence-corrected chi connectivity index (χ2v) is 11.2. The number of benzene rings is 3. The highest BCUT2D eigenvalue weighted by Crippen LogP contribution is 2.50. The Labute approximate surface area is 214 Å². The lowest BCUT2D eigenvalue weighted by atomic mass is 9.91. The molecule has 0 radical (unpaired) electrons. The fraction of sp³-hybridized carbons (Fsp3) is 0.161. The van der Waals surface area contributed by atoms with E-state index in [9.17, 15) is 0 Å². The fourth-order valence-electron chi connectivity index (χ4n) is 5.07. The summed E-state index contributed by atoms with van der Waals surface area (Å²) < 4.78 is 1.22. The third-order valence-electron chi connectivity index (χ3n) is 6.74. The molecule has 0 spiro atoms. The number of thiazole rings is 1. The Bertz CT molecular complexity index is 1470. The first-order chi connectivity index (χ1) is 17.3. The quantitative estimate of drug-likeness (QED) is 0.277. The maximum atomic E-state index is 4.69. The highest BCUT2D eigenvalue weighted by molar-refractivity contribution is 8.04. The van der Waals surface area contributed by atoms with Gasteiger partial charge in [0.1, 0.15) is 0 Å². The number of nitrogens with zero attached hydrogens (tertiary/aromatic N) is 1. The fourth-order valence-corrected chi connectivity index (χ4v) is 7.32. The largest absolute Gasteiger partial charge is 0.361 e. The van der Waals surface area contributed by atoms with Gasteiger partial charge in [-0.2, -0.15) is 0 Å². The summed E-state index contributed by atoms with van der Waals surface area (Å²) in [6.07, 6.45) is 8.49. The molecule has 2 aliphatic rings. The van der Waals surface area contributed by atoms with Gasteiger partial charge in [-0.3, -0.25) is 0 Å². The van der Waals surface area contributed by atoms with Crippen LogP contribution in [0.2, 0.25) is 0 Å². The van der Waals surface area contributed by atoms with E-state index in [1.54, 1.807) is 11.3 Å². The van der Waals surface area contributed by atoms with Crippen molar-refractivity contribution < 1.29 is 0 Å². The molecule has 6 rings (SSSR count). The number of rotatable bonds is 6. The molecule has 2 heterocycles. The van der Waals surface area contributed by atoms with Gasteiger partial charge in [0.15, 0.2) is 5.13 Å². The van der Waals surface area contributed by atoms with E-state index in [2.05, 4.69) is 101 Å². The minimum Gasteiger partial charge on any atom is -0.361 e. The summed E-state index contributed by atoms with van der Waals surface area (Å²) in [5.74, 6) is 0.445. The van der Waals surface area contributed by atoms with Crippen molar-refractivity contribution in [1.29, 1.82) is 0 Å². The smallest absolute Gasteiger partial charge is 0.183 e. The molecule has 2 nitrogen and oxygen atoms in total. The minimum absolute atomic E-state index is 0.445. The first kappa shape index (κ1) is 22.2. The van der Waals surface area contributed by atoms with E-state index in [-0.39, 0.29) is 0 Å². The highest BCUT2D eigenvalue weighted by Gasteiger charge is 2.37. The van der Waals surface area contributed by atoms with Crippen molar-refractivity contribution in [1.82, 2.24) is 4.98 Å². The molecule has 0 saturated heterocycles. The van der Waals surface area contributed by atoms with Gasteiger partial charge in [0.25, 0.3) is 0 Å². The number of aromatic nitrogens is 1. The maximum Gasteiger partial charge on any atom is 0.183 e. The van der Waals surface area contributed by atoms with Crippen molar-refractivity contribution in [3.05, 3.63) is 130 Å². The molecule has 2 atom stereocenters. The molecule has 172 valence electrons. The zero-order valence-electron chi connectivity index (χ0n) is 19.4. The van der Waals surface area contributed by atoms with Crippen LogP contribution in [0.15, 0.2) is 108 Å². The lowest BCUT2D eigenvalue weighted by Gasteiger charge is -2.26. The van der Waals surface area contributed by atoms with Crippen molar-refractivity contribution >= 4 is 44.5 Å². The number of thioether (sulfide) groups is 1. The molecule has 35 heavy (non-hydrogen) atoms. The number of anilines is 1. The molecule has 3 aromatic carbocycles. The molecular weight excluding hydrogens is 464 g/mol. The summed E-state index contributed by atoms with van der Waals surface area (Å²) in [6, 6.07) is 25.7. The molecular formula is C31H26N2S2. The van der Waals surface area contributed by atoms with Gasteiger partial charge in [0, 0.05) is 22.6 Å². The molecule has 4 aromatic rings. The van der Waals surface area contributed by atoms with Crippen molar-refractivity contribution in [2.45, 2.75) is 24.0 Å². The topological polar surface area (TPSA) is 24.9 Å². The monoisotopic (exact) mass is 490 g/mol. The number of para-hydroxylation sites is 1. The number of allylic oxidation sites excluding steroid dienone is 3. The highest BCUT2D eigenvalue weighted by atomic mass is 32.2. The molecule has 0 fully saturated rings. The number of nitrogens with one attached hydrogen (secondary N) is 1. The van der Waals surface area contributed by atoms with E-state index >= 15 is 0 Å². The lowest BCUT2D eigenvalue weighted by molar-refractivity contribution is 0.804. The van der Waals surface area contributed by atoms with Crippen LogP contribution in [0.25, 0.3) is 16.3 Å². The molecule has 1 aliphatic heterocycles. The van der Waals surface area contributed by atoms with E-state index in [1.165, 1.54) is 37.4 Å². The van der Waals surface area contributed by atoms with Gasteiger partial charge in [-0.05, 0) is 65.0 Å². The van der Waals surface area contributed by atoms with Crippen LogP contribution < -0.4 is 5.32 Å². The van der Waals surface area contributed by atoms with Gasteiger partial charge < -0.3 is 5.32 Å². The van der Waals surface area contributed by atoms with Gasteiger partial charge in [-0.1, -0.05) is 84.7 Å². The standard InChI is InChI=1S/C31H26N2S2/c1-2-21-19-25(34-29-20-24-11-5-6-12-26(24)30(21)29)16-15-22-9-3-4-10-23(22)17-18-32-31-33-27-13-7-8-14-28(27)35-31/h2-15,19,29-30H,1,17-18,20H2,(H,32,33)/t16?,29?,30-/m0/s1. The third kappa shape index (κ3) is 4.53. The number of fused-ring (bicyclic) bond motifs is 4. The van der Waals surface area contributed by atoms with Crippen LogP contribution in [0.3, 0.4) is 0 Å². The predicted molar refractivity (Wildman–Crippen MR) is 152 cm³/mol. The summed E-state index contributed by atoms with van der Waals surface area (Å²) in [7, 11) is 0. The summed E-state index contributed by atoms with van der Waals surface area (Å²) in [5.41, 5.74) is 11.4. The van der Waals surface area contributed by atoms with Gasteiger partial charge in [-0.15, -0.1) is 17.5 Å². The molecule has 1 N–H and O–H groups in total. The Morgan fingerprint density at radius 3 is 2.77 bits per heavy atom. The van der Waals surface area contributed by atoms with Gasteiger partial charge in [-0.25, -0.2) is 4.98 Å². The van der Waals surface area contributed by atoms with Crippen molar-refractivity contribution in [3.63, 3.8) is 0 Å². The first-order valence-corrected chi connectivity index (χ1v) is 13.7. The molecule has 1 unspecified atom stereocenters. The van der Waals surface area contributed by atoms with Crippen LogP contribution in [0, 0.1) is 0 Å². The minimum atomic E-state index is 0.445. The summed E-state index contributed by atoms with van der Waals surface area (Å²) in [6.45, 7) is 4.96. The van der Waals surface area contributed by atoms with Crippen LogP contribution in [0.5, 0.6) is 0 Å². The second-order valence-electron chi connectivity index (χ2n) is 8.90. The van der Waals surface area contributed by atoms with Crippen molar-refractivity contribution in [3.8, 4) is 0 Å². The van der Waals surface area contributed by atoms with E-state index in [0.717, 1.165) is 30.0 Å². The SMILES string of the molecule is C=CC1=CC(=C=Cc2ccccc2CCNc2nc3ccccc3s2)SC2Cc3ccccc3[C@H]12. The Morgan fingerprint density at radius 1 is 1.03 bits per heavy atom. The molecule has 0 amide bonds. The van der Waals surface area contributed by atoms with Gasteiger partial charge >= 0.3 is 0 Å². The Balaban J connectivity index is 1.20. The van der Waals surface area contributed by atoms with Crippen LogP contribution in [0.1, 0.15) is 28.2 Å². The predicted octanol–water partition coefficient (Wildman–Crippen LogP) is 8.01. The second kappa shape index (κ2) is 9.75. The average Bonchev–Trinajstić information content (AvgIpc) is 3.48. The first-order valence-electron chi connectivity index (χ1n) is 12.0. The molecule has 0 bridgehead atoms. The molecule has 4 heteroatoms. The zero-order chi connectivity index (χ0) is 23.6. The molecule has 1 aromatic heterocycles. The summed E-state index contributed by atoms with van der Waals surface area (Å²) >= 11 is 3.66. The maximum absolute atomic E-state index is 4.69. The number of hydrogen-bond acceptors (Lipinski definition) is 4. The Kier molecular flexibility index (Phi) is 6.18. The molecule has 0 saturated carbocycles. The normalized spacial score (nSPS) is 18.4. The Morgan fingerprint density at radius 2 is 1.86 bits per heavy atom. The zero-order valence-corrected chi connectivity index (χ0v) is 21.0. The van der Waals surface area contributed by atoms with Crippen LogP contribution in [0.4, 0.5) is 5.13 Å². The van der Waals surface area contributed by atoms with E-state index in [1.807, 2.05) is 23.9 Å². The van der Waals surface area contributed by atoms with Crippen molar-refractivity contribution in [2.75, 3.05) is 11.9 Å². The van der Waals surface area contributed by atoms with E-state index in [4.69, 9.17) is 0 Å². The molecule has 1 aliphatic carbocycles. The summed E-state index contributed by atoms with van der Waals surface area (Å²) in [5, 5.41) is 5.01. The van der Waals surface area contributed by atoms with Crippen LogP contribution >= 0.6 is 23.1 Å². The summed E-state index contributed by atoms with van der Waals surface area (Å²) in [4.78, 5) is 5.88. The van der Waals surface area contributed by atoms with E-state index < -0.39 is 0 Å². The van der Waals surface area contributed by atoms with Crippen molar-refractivity contribution in [2.24, 2.45) is 0 Å². The van der Waals surface area contributed by atoms with Gasteiger partial charge in [0.05, 0.1) is 10.2 Å². The van der Waals surface area contributed by atoms with Crippen LogP contribution in [-0.4, -0.2) is 16.8 Å². The average molecular weight is 491 g/mol. The lowest BCUT2D eigenvalue weighted by Crippen LogP contribution is -2.15. The van der Waals surface area contributed by atoms with E-state index in [0.29, 0.717) is 11.2 Å². The van der Waals surface area contributed by atoms with Gasteiger partial charge in [0.2, 0.25) is 0 Å².